The van der Waals surface area contributed by atoms with Crippen LogP contribution in [0.3, 0.4) is 0 Å². The summed E-state index contributed by atoms with van der Waals surface area (Å²) >= 11 is 0. The maximum Gasteiger partial charge on any atom is 0.265 e. The smallest absolute Gasteiger partial charge is 0.265 e. The minimum absolute atomic E-state index is 0.0225. The van der Waals surface area contributed by atoms with Crippen LogP contribution in [-0.4, -0.2) is 25.2 Å². The molecule has 0 saturated heterocycles. The van der Waals surface area contributed by atoms with E-state index in [1.54, 1.807) is 7.11 Å². The molecule has 0 saturated carbocycles. The Bertz CT molecular complexity index is 1100. The van der Waals surface area contributed by atoms with Crippen molar-refractivity contribution in [2.24, 2.45) is 0 Å². The number of methoxy groups -OCH3 is 1. The predicted octanol–water partition coefficient (Wildman–Crippen LogP) is 5.90. The number of ether oxygens (including phenoxy) is 2. The van der Waals surface area contributed by atoms with E-state index in [2.05, 4.69) is 64.1 Å². The molecule has 1 heterocycles. The van der Waals surface area contributed by atoms with Gasteiger partial charge < -0.3 is 14.4 Å². The van der Waals surface area contributed by atoms with E-state index >= 15 is 0 Å². The zero-order valence-corrected chi connectivity index (χ0v) is 19.5. The van der Waals surface area contributed by atoms with Crippen molar-refractivity contribution in [1.82, 2.24) is 0 Å². The van der Waals surface area contributed by atoms with E-state index in [1.807, 2.05) is 41.3 Å². The summed E-state index contributed by atoms with van der Waals surface area (Å²) in [6, 6.07) is 24.3. The second kappa shape index (κ2) is 8.34. The number of carbonyl (C=O) groups excluding carboxylic acids is 1. The summed E-state index contributed by atoms with van der Waals surface area (Å²) in [5.41, 5.74) is 4.06. The van der Waals surface area contributed by atoms with Crippen LogP contribution in [0.25, 0.3) is 0 Å². The lowest BCUT2D eigenvalue weighted by Gasteiger charge is -2.51. The maximum atomic E-state index is 13.4. The Labute approximate surface area is 190 Å². The van der Waals surface area contributed by atoms with Crippen molar-refractivity contribution < 1.29 is 14.3 Å². The highest BCUT2D eigenvalue weighted by atomic mass is 16.5. The van der Waals surface area contributed by atoms with E-state index in [0.717, 1.165) is 17.9 Å². The van der Waals surface area contributed by atoms with Crippen LogP contribution in [0.15, 0.2) is 72.8 Å². The predicted molar refractivity (Wildman–Crippen MR) is 129 cm³/mol. The van der Waals surface area contributed by atoms with Crippen molar-refractivity contribution in [2.45, 2.75) is 45.1 Å². The number of carbonyl (C=O) groups is 1. The van der Waals surface area contributed by atoms with Crippen LogP contribution in [0.2, 0.25) is 0 Å². The van der Waals surface area contributed by atoms with Crippen LogP contribution in [0.1, 0.15) is 43.9 Å². The molecule has 0 N–H and O–H groups in total. The Morgan fingerprint density at radius 1 is 0.906 bits per heavy atom. The number of hydrogen-bond donors (Lipinski definition) is 0. The van der Waals surface area contributed by atoms with E-state index in [4.69, 9.17) is 9.47 Å². The lowest BCUT2D eigenvalue weighted by Crippen LogP contribution is -2.57. The molecule has 3 aromatic carbocycles. The van der Waals surface area contributed by atoms with Gasteiger partial charge in [0.2, 0.25) is 0 Å². The summed E-state index contributed by atoms with van der Waals surface area (Å²) in [5, 5.41) is 0. The standard InChI is InChI=1S/C28H31NO3/c1-20-10-12-21(13-11-20)28(4)19-27(2,3)29(25-9-7-6-8-24(25)28)26(30)18-32-23-16-14-22(31-5)15-17-23/h6-17H,18-19H2,1-5H3/t28-/m0/s1. The fourth-order valence-corrected chi connectivity index (χ4v) is 5.03. The summed E-state index contributed by atoms with van der Waals surface area (Å²) in [6.45, 7) is 8.65. The Hall–Kier alpha value is -3.27. The molecule has 4 nitrogen and oxygen atoms in total. The van der Waals surface area contributed by atoms with Crippen molar-refractivity contribution in [3.63, 3.8) is 0 Å². The molecule has 0 unspecified atom stereocenters. The molecule has 1 atom stereocenters. The van der Waals surface area contributed by atoms with Gasteiger partial charge in [-0.3, -0.25) is 4.79 Å². The second-order valence-electron chi connectivity index (χ2n) is 9.40. The number of hydrogen-bond acceptors (Lipinski definition) is 3. The fraction of sp³-hybridized carbons (Fsp3) is 0.321. The van der Waals surface area contributed by atoms with Crippen molar-refractivity contribution in [3.8, 4) is 11.5 Å². The molecule has 0 radical (unpaired) electrons. The Morgan fingerprint density at radius 2 is 1.53 bits per heavy atom. The van der Waals surface area contributed by atoms with E-state index < -0.39 is 0 Å². The van der Waals surface area contributed by atoms with Crippen molar-refractivity contribution >= 4 is 11.6 Å². The normalized spacial score (nSPS) is 19.2. The van der Waals surface area contributed by atoms with Gasteiger partial charge in [-0.15, -0.1) is 0 Å². The van der Waals surface area contributed by atoms with Crippen LogP contribution in [0.5, 0.6) is 11.5 Å². The number of benzene rings is 3. The number of anilines is 1. The summed E-state index contributed by atoms with van der Waals surface area (Å²) in [5.74, 6) is 1.35. The largest absolute Gasteiger partial charge is 0.497 e. The van der Waals surface area contributed by atoms with Crippen LogP contribution in [0, 0.1) is 6.92 Å². The molecule has 4 rings (SSSR count). The molecule has 1 aliphatic rings. The highest BCUT2D eigenvalue weighted by Gasteiger charge is 2.47. The van der Waals surface area contributed by atoms with Crippen LogP contribution in [-0.2, 0) is 10.2 Å². The van der Waals surface area contributed by atoms with Crippen molar-refractivity contribution in [2.75, 3.05) is 18.6 Å². The summed E-state index contributed by atoms with van der Waals surface area (Å²) in [7, 11) is 1.62. The summed E-state index contributed by atoms with van der Waals surface area (Å²) in [6.07, 6.45) is 0.814. The molecule has 4 heteroatoms. The number of nitrogens with zero attached hydrogens (tertiary/aromatic N) is 1. The molecular weight excluding hydrogens is 398 g/mol. The molecule has 0 aromatic heterocycles. The molecule has 32 heavy (non-hydrogen) atoms. The van der Waals surface area contributed by atoms with Crippen molar-refractivity contribution in [3.05, 3.63) is 89.5 Å². The number of aryl methyl sites for hydroxylation is 1. The van der Waals surface area contributed by atoms with E-state index in [9.17, 15) is 4.79 Å². The van der Waals surface area contributed by atoms with Crippen LogP contribution in [0.4, 0.5) is 5.69 Å². The molecule has 0 spiro atoms. The van der Waals surface area contributed by atoms with Gasteiger partial charge in [0.15, 0.2) is 6.61 Å². The highest BCUT2D eigenvalue weighted by Crippen LogP contribution is 2.50. The topological polar surface area (TPSA) is 38.8 Å². The SMILES string of the molecule is COc1ccc(OCC(=O)N2c3ccccc3[C@](C)(c3ccc(C)cc3)CC2(C)C)cc1. The van der Waals surface area contributed by atoms with E-state index in [0.29, 0.717) is 5.75 Å². The first-order chi connectivity index (χ1) is 15.2. The molecule has 3 aromatic rings. The Balaban J connectivity index is 1.66. The molecule has 0 fully saturated rings. The average Bonchev–Trinajstić information content (AvgIpc) is 2.78. The van der Waals surface area contributed by atoms with Gasteiger partial charge in [0, 0.05) is 16.6 Å². The van der Waals surface area contributed by atoms with Gasteiger partial charge in [0.1, 0.15) is 11.5 Å². The third-order valence-electron chi connectivity index (χ3n) is 6.49. The third kappa shape index (κ3) is 3.97. The van der Waals surface area contributed by atoms with E-state index in [-0.39, 0.29) is 23.5 Å². The molecule has 1 amide bonds. The first-order valence-electron chi connectivity index (χ1n) is 11.0. The number of rotatable bonds is 5. The minimum atomic E-state index is -0.381. The molecule has 166 valence electrons. The second-order valence-corrected chi connectivity index (χ2v) is 9.40. The van der Waals surface area contributed by atoms with Gasteiger partial charge in [-0.1, -0.05) is 55.0 Å². The Morgan fingerprint density at radius 3 is 2.19 bits per heavy atom. The first-order valence-corrected chi connectivity index (χ1v) is 11.0. The van der Waals surface area contributed by atoms with Gasteiger partial charge in [0.25, 0.3) is 5.91 Å². The Kier molecular flexibility index (Phi) is 5.72. The monoisotopic (exact) mass is 429 g/mol. The molecule has 0 bridgehead atoms. The van der Waals surface area contributed by atoms with Crippen LogP contribution < -0.4 is 14.4 Å². The minimum Gasteiger partial charge on any atom is -0.497 e. The van der Waals surface area contributed by atoms with Gasteiger partial charge in [-0.25, -0.2) is 0 Å². The summed E-state index contributed by atoms with van der Waals surface area (Å²) < 4.78 is 11.0. The van der Waals surface area contributed by atoms with Gasteiger partial charge >= 0.3 is 0 Å². The van der Waals surface area contributed by atoms with Gasteiger partial charge in [-0.05, 0) is 68.7 Å². The third-order valence-corrected chi connectivity index (χ3v) is 6.49. The molecule has 0 aliphatic carbocycles. The number of fused-ring (bicyclic) bond motifs is 1. The van der Waals surface area contributed by atoms with Gasteiger partial charge in [-0.2, -0.15) is 0 Å². The van der Waals surface area contributed by atoms with Crippen LogP contribution >= 0.6 is 0 Å². The fourth-order valence-electron chi connectivity index (χ4n) is 5.03. The van der Waals surface area contributed by atoms with E-state index in [1.165, 1.54) is 16.7 Å². The zero-order valence-electron chi connectivity index (χ0n) is 19.5. The quantitative estimate of drug-likeness (QED) is 0.507. The van der Waals surface area contributed by atoms with Crippen molar-refractivity contribution in [1.29, 1.82) is 0 Å². The lowest BCUT2D eigenvalue weighted by molar-refractivity contribution is -0.121. The average molecular weight is 430 g/mol. The first kappa shape index (κ1) is 21.9. The molecular formula is C28H31NO3. The number of amides is 1. The van der Waals surface area contributed by atoms with Gasteiger partial charge in [0.05, 0.1) is 7.11 Å². The molecule has 1 aliphatic heterocycles. The number of para-hydroxylation sites is 1. The maximum absolute atomic E-state index is 13.4. The lowest BCUT2D eigenvalue weighted by atomic mass is 9.65. The highest BCUT2D eigenvalue weighted by molar-refractivity contribution is 5.97. The zero-order chi connectivity index (χ0) is 22.9. The summed E-state index contributed by atoms with van der Waals surface area (Å²) in [4.78, 5) is 15.4.